The van der Waals surface area contributed by atoms with Crippen LogP contribution in [-0.2, 0) is 14.3 Å². The molecule has 1 saturated heterocycles. The fraction of sp³-hybridized carbons (Fsp3) is 0.391. The Hall–Kier alpha value is -2.82. The monoisotopic (exact) mass is 379 g/mol. The van der Waals surface area contributed by atoms with E-state index in [1.54, 1.807) is 4.90 Å². The molecule has 1 unspecified atom stereocenters. The van der Waals surface area contributed by atoms with Crippen molar-refractivity contribution in [3.8, 4) is 11.1 Å². The van der Waals surface area contributed by atoms with Crippen LogP contribution in [-0.4, -0.2) is 43.3 Å². The molecule has 4 rings (SSSR count). The number of amides is 1. The van der Waals surface area contributed by atoms with E-state index in [-0.39, 0.29) is 30.4 Å². The fourth-order valence-electron chi connectivity index (χ4n) is 4.41. The van der Waals surface area contributed by atoms with Gasteiger partial charge in [-0.05, 0) is 41.5 Å². The average Bonchev–Trinajstić information content (AvgIpc) is 3.06. The van der Waals surface area contributed by atoms with Gasteiger partial charge in [0.25, 0.3) is 0 Å². The summed E-state index contributed by atoms with van der Waals surface area (Å²) in [5.74, 6) is -0.247. The number of likely N-dealkylation sites (tertiary alicyclic amines) is 1. The molecule has 146 valence electrons. The van der Waals surface area contributed by atoms with Gasteiger partial charge >= 0.3 is 12.1 Å². The summed E-state index contributed by atoms with van der Waals surface area (Å²) in [6, 6.07) is 16.4. The number of piperidine rings is 1. The predicted octanol–water partition coefficient (Wildman–Crippen LogP) is 4.35. The number of benzene rings is 2. The maximum Gasteiger partial charge on any atom is 0.410 e. The summed E-state index contributed by atoms with van der Waals surface area (Å²) in [6.45, 7) is 0.923. The topological polar surface area (TPSA) is 55.8 Å². The first kappa shape index (κ1) is 18.5. The molecule has 0 spiro atoms. The molecule has 0 N–H and O–H groups in total. The Morgan fingerprint density at radius 2 is 1.64 bits per heavy atom. The molecule has 1 aliphatic heterocycles. The number of carbonyl (C=O) groups is 2. The van der Waals surface area contributed by atoms with Gasteiger partial charge in [0.2, 0.25) is 0 Å². The van der Waals surface area contributed by atoms with Crippen LogP contribution >= 0.6 is 0 Å². The van der Waals surface area contributed by atoms with Crippen LogP contribution in [0.15, 0.2) is 48.5 Å². The van der Waals surface area contributed by atoms with Crippen molar-refractivity contribution < 1.29 is 19.1 Å². The van der Waals surface area contributed by atoms with Crippen LogP contribution in [0.2, 0.25) is 0 Å². The van der Waals surface area contributed by atoms with Crippen LogP contribution in [0.3, 0.4) is 0 Å². The van der Waals surface area contributed by atoms with Crippen LogP contribution in [0.1, 0.15) is 42.7 Å². The van der Waals surface area contributed by atoms with Crippen molar-refractivity contribution in [3.05, 3.63) is 59.7 Å². The van der Waals surface area contributed by atoms with Gasteiger partial charge in [-0.3, -0.25) is 4.79 Å². The second-order valence-corrected chi connectivity index (χ2v) is 7.43. The Kier molecular flexibility index (Phi) is 5.33. The summed E-state index contributed by atoms with van der Waals surface area (Å²) < 4.78 is 10.5. The lowest BCUT2D eigenvalue weighted by atomic mass is 9.98. The number of ether oxygens (including phenoxy) is 2. The first-order valence-corrected chi connectivity index (χ1v) is 9.87. The van der Waals surface area contributed by atoms with Crippen molar-refractivity contribution in [2.75, 3.05) is 20.3 Å². The molecular formula is C23H25NO4. The number of rotatable bonds is 4. The molecule has 2 aliphatic rings. The molecule has 2 aromatic rings. The number of carbonyl (C=O) groups excluding carboxylic acids is 2. The highest BCUT2D eigenvalue weighted by atomic mass is 16.6. The van der Waals surface area contributed by atoms with Crippen LogP contribution in [0.25, 0.3) is 11.1 Å². The number of esters is 1. The third-order valence-corrected chi connectivity index (χ3v) is 5.83. The highest BCUT2D eigenvalue weighted by Crippen LogP contribution is 2.44. The molecule has 0 bridgehead atoms. The van der Waals surface area contributed by atoms with Gasteiger partial charge in [-0.15, -0.1) is 0 Å². The molecule has 2 aromatic carbocycles. The molecule has 0 saturated carbocycles. The van der Waals surface area contributed by atoms with E-state index in [1.165, 1.54) is 29.4 Å². The van der Waals surface area contributed by atoms with Crippen LogP contribution < -0.4 is 0 Å². The van der Waals surface area contributed by atoms with Gasteiger partial charge in [0.05, 0.1) is 13.5 Å². The quantitative estimate of drug-likeness (QED) is 0.741. The highest BCUT2D eigenvalue weighted by molar-refractivity contribution is 5.79. The molecule has 1 heterocycles. The maximum absolute atomic E-state index is 12.8. The van der Waals surface area contributed by atoms with Crippen molar-refractivity contribution in [2.45, 2.75) is 37.6 Å². The minimum atomic E-state index is -0.338. The summed E-state index contributed by atoms with van der Waals surface area (Å²) in [7, 11) is 1.38. The zero-order valence-electron chi connectivity index (χ0n) is 16.1. The molecule has 0 aromatic heterocycles. The fourth-order valence-corrected chi connectivity index (χ4v) is 4.41. The predicted molar refractivity (Wildman–Crippen MR) is 106 cm³/mol. The van der Waals surface area contributed by atoms with Gasteiger partial charge in [-0.25, -0.2) is 4.79 Å². The molecule has 1 aliphatic carbocycles. The molecule has 28 heavy (non-hydrogen) atoms. The number of hydrogen-bond acceptors (Lipinski definition) is 4. The first-order valence-electron chi connectivity index (χ1n) is 9.87. The van der Waals surface area contributed by atoms with Gasteiger partial charge in [-0.1, -0.05) is 48.5 Å². The van der Waals surface area contributed by atoms with E-state index in [9.17, 15) is 9.59 Å². The molecule has 5 nitrogen and oxygen atoms in total. The molecule has 0 radical (unpaired) electrons. The Balaban J connectivity index is 1.48. The Labute approximate surface area is 165 Å². The van der Waals surface area contributed by atoms with Crippen molar-refractivity contribution in [3.63, 3.8) is 0 Å². The first-order chi connectivity index (χ1) is 13.7. The molecule has 1 atom stereocenters. The van der Waals surface area contributed by atoms with E-state index in [1.807, 2.05) is 24.3 Å². The SMILES string of the molecule is COC(=O)CC1CCCCN1C(=O)OCC1c2ccccc2-c2ccccc21. The molecule has 1 fully saturated rings. The van der Waals surface area contributed by atoms with Gasteiger partial charge in [0.15, 0.2) is 0 Å². The van der Waals surface area contributed by atoms with Crippen molar-refractivity contribution in [2.24, 2.45) is 0 Å². The number of hydrogen-bond donors (Lipinski definition) is 0. The zero-order valence-corrected chi connectivity index (χ0v) is 16.1. The second-order valence-electron chi connectivity index (χ2n) is 7.43. The highest BCUT2D eigenvalue weighted by Gasteiger charge is 2.33. The second kappa shape index (κ2) is 8.05. The van der Waals surface area contributed by atoms with Crippen LogP contribution in [0, 0.1) is 0 Å². The van der Waals surface area contributed by atoms with E-state index >= 15 is 0 Å². The largest absolute Gasteiger partial charge is 0.469 e. The third kappa shape index (κ3) is 3.49. The Bertz CT molecular complexity index is 833. The van der Waals surface area contributed by atoms with Crippen LogP contribution in [0.5, 0.6) is 0 Å². The lowest BCUT2D eigenvalue weighted by molar-refractivity contribution is -0.142. The normalized spacial score (nSPS) is 18.3. The van der Waals surface area contributed by atoms with Gasteiger partial charge < -0.3 is 14.4 Å². The van der Waals surface area contributed by atoms with E-state index < -0.39 is 0 Å². The lowest BCUT2D eigenvalue weighted by Crippen LogP contribution is -2.45. The molecule has 5 heteroatoms. The van der Waals surface area contributed by atoms with Crippen molar-refractivity contribution in [1.29, 1.82) is 0 Å². The van der Waals surface area contributed by atoms with E-state index in [0.29, 0.717) is 13.2 Å². The minimum Gasteiger partial charge on any atom is -0.469 e. The molecule has 1 amide bonds. The number of methoxy groups -OCH3 is 1. The van der Waals surface area contributed by atoms with E-state index in [0.717, 1.165) is 19.3 Å². The lowest BCUT2D eigenvalue weighted by Gasteiger charge is -2.34. The van der Waals surface area contributed by atoms with Gasteiger partial charge in [-0.2, -0.15) is 0 Å². The smallest absolute Gasteiger partial charge is 0.410 e. The van der Waals surface area contributed by atoms with Crippen LogP contribution in [0.4, 0.5) is 4.79 Å². The molecular weight excluding hydrogens is 354 g/mol. The number of fused-ring (bicyclic) bond motifs is 3. The Morgan fingerprint density at radius 3 is 2.29 bits per heavy atom. The van der Waals surface area contributed by atoms with E-state index in [2.05, 4.69) is 24.3 Å². The average molecular weight is 379 g/mol. The number of nitrogens with zero attached hydrogens (tertiary/aromatic N) is 1. The van der Waals surface area contributed by atoms with E-state index in [4.69, 9.17) is 9.47 Å². The summed E-state index contributed by atoms with van der Waals surface area (Å²) in [5.41, 5.74) is 4.81. The summed E-state index contributed by atoms with van der Waals surface area (Å²) in [6.07, 6.45) is 2.63. The Morgan fingerprint density at radius 1 is 1.00 bits per heavy atom. The van der Waals surface area contributed by atoms with Crippen molar-refractivity contribution in [1.82, 2.24) is 4.90 Å². The summed E-state index contributed by atoms with van der Waals surface area (Å²) in [4.78, 5) is 26.2. The van der Waals surface area contributed by atoms with Gasteiger partial charge in [0, 0.05) is 18.5 Å². The minimum absolute atomic E-state index is 0.0418. The van der Waals surface area contributed by atoms with Crippen molar-refractivity contribution >= 4 is 12.1 Å². The summed E-state index contributed by atoms with van der Waals surface area (Å²) >= 11 is 0. The third-order valence-electron chi connectivity index (χ3n) is 5.83. The standard InChI is InChI=1S/C23H25NO4/c1-27-22(25)14-16-8-6-7-13-24(16)23(26)28-15-21-19-11-4-2-9-17(19)18-10-3-5-12-20(18)21/h2-5,9-12,16,21H,6-8,13-15H2,1H3. The summed E-state index contributed by atoms with van der Waals surface area (Å²) in [5, 5.41) is 0. The zero-order chi connectivity index (χ0) is 19.5. The maximum atomic E-state index is 12.8. The van der Waals surface area contributed by atoms with Gasteiger partial charge in [0.1, 0.15) is 6.61 Å².